The van der Waals surface area contributed by atoms with Crippen molar-refractivity contribution in [2.75, 3.05) is 6.61 Å². The molecule has 0 aliphatic rings. The summed E-state index contributed by atoms with van der Waals surface area (Å²) in [5, 5.41) is 18.6. The molecule has 0 spiro atoms. The summed E-state index contributed by atoms with van der Waals surface area (Å²) in [6.45, 7) is 5.82. The van der Waals surface area contributed by atoms with Crippen molar-refractivity contribution in [2.45, 2.75) is 77.2 Å². The number of aliphatic hydroxyl groups is 2. The Morgan fingerprint density at radius 2 is 1.56 bits per heavy atom. The SMILES string of the molecule is C=CC[C@@H](CCCCCCCCCC)[C@H](O)CO. The summed E-state index contributed by atoms with van der Waals surface area (Å²) in [6, 6.07) is 0. The molecule has 0 fully saturated rings. The Labute approximate surface area is 113 Å². The highest BCUT2D eigenvalue weighted by Gasteiger charge is 2.16. The van der Waals surface area contributed by atoms with E-state index in [2.05, 4.69) is 13.5 Å². The van der Waals surface area contributed by atoms with Crippen molar-refractivity contribution in [3.8, 4) is 0 Å². The maximum absolute atomic E-state index is 9.65. The summed E-state index contributed by atoms with van der Waals surface area (Å²) >= 11 is 0. The van der Waals surface area contributed by atoms with Gasteiger partial charge in [0.05, 0.1) is 12.7 Å². The Bertz CT molecular complexity index is 180. The fourth-order valence-corrected chi connectivity index (χ4v) is 2.37. The molecule has 0 amide bonds. The second-order valence-corrected chi connectivity index (χ2v) is 5.30. The third-order valence-electron chi connectivity index (χ3n) is 3.63. The lowest BCUT2D eigenvalue weighted by Gasteiger charge is -2.19. The molecule has 2 nitrogen and oxygen atoms in total. The van der Waals surface area contributed by atoms with E-state index in [1.54, 1.807) is 0 Å². The molecular formula is C16H32O2. The zero-order valence-corrected chi connectivity index (χ0v) is 12.1. The van der Waals surface area contributed by atoms with E-state index in [1.165, 1.54) is 44.9 Å². The van der Waals surface area contributed by atoms with Gasteiger partial charge in [-0.1, -0.05) is 64.4 Å². The number of unbranched alkanes of at least 4 members (excludes halogenated alkanes) is 7. The molecule has 0 aromatic heterocycles. The summed E-state index contributed by atoms with van der Waals surface area (Å²) in [7, 11) is 0. The first kappa shape index (κ1) is 17.7. The maximum atomic E-state index is 9.65. The second kappa shape index (κ2) is 13.1. The summed E-state index contributed by atoms with van der Waals surface area (Å²) in [4.78, 5) is 0. The summed E-state index contributed by atoms with van der Waals surface area (Å²) in [5.41, 5.74) is 0. The standard InChI is InChI=1S/C16H32O2/c1-3-5-6-7-8-9-10-11-13-15(12-4-2)16(18)14-17/h4,15-18H,2-3,5-14H2,1H3/t15-,16+/m0/s1. The van der Waals surface area contributed by atoms with Crippen molar-refractivity contribution in [1.29, 1.82) is 0 Å². The van der Waals surface area contributed by atoms with Crippen LogP contribution in [0.2, 0.25) is 0 Å². The minimum atomic E-state index is -0.576. The lowest BCUT2D eigenvalue weighted by atomic mass is 9.92. The highest BCUT2D eigenvalue weighted by atomic mass is 16.3. The fourth-order valence-electron chi connectivity index (χ4n) is 2.37. The van der Waals surface area contributed by atoms with Gasteiger partial charge in [-0.3, -0.25) is 0 Å². The van der Waals surface area contributed by atoms with Crippen LogP contribution in [0.3, 0.4) is 0 Å². The zero-order valence-electron chi connectivity index (χ0n) is 12.1. The predicted octanol–water partition coefficient (Wildman–Crippen LogP) is 4.06. The molecule has 2 N–H and O–H groups in total. The molecular weight excluding hydrogens is 224 g/mol. The first-order valence-electron chi connectivity index (χ1n) is 7.66. The number of hydrogen-bond acceptors (Lipinski definition) is 2. The minimum absolute atomic E-state index is 0.129. The van der Waals surface area contributed by atoms with Gasteiger partial charge in [0, 0.05) is 0 Å². The fraction of sp³-hybridized carbons (Fsp3) is 0.875. The van der Waals surface area contributed by atoms with Gasteiger partial charge in [0.15, 0.2) is 0 Å². The molecule has 2 heteroatoms. The van der Waals surface area contributed by atoms with Crippen molar-refractivity contribution >= 4 is 0 Å². The summed E-state index contributed by atoms with van der Waals surface area (Å²) < 4.78 is 0. The van der Waals surface area contributed by atoms with Gasteiger partial charge < -0.3 is 10.2 Å². The van der Waals surface area contributed by atoms with Crippen LogP contribution in [-0.2, 0) is 0 Å². The molecule has 2 atom stereocenters. The normalized spacial score (nSPS) is 14.4. The lowest BCUT2D eigenvalue weighted by molar-refractivity contribution is 0.0437. The Morgan fingerprint density at radius 1 is 1.00 bits per heavy atom. The average Bonchev–Trinajstić information content (AvgIpc) is 2.39. The Morgan fingerprint density at radius 3 is 2.06 bits per heavy atom. The van der Waals surface area contributed by atoms with E-state index in [0.29, 0.717) is 0 Å². The third kappa shape index (κ3) is 9.67. The van der Waals surface area contributed by atoms with Crippen molar-refractivity contribution in [3.05, 3.63) is 12.7 Å². The number of allylic oxidation sites excluding steroid dienone is 1. The van der Waals surface area contributed by atoms with E-state index in [4.69, 9.17) is 5.11 Å². The number of hydrogen-bond donors (Lipinski definition) is 2. The van der Waals surface area contributed by atoms with Gasteiger partial charge in [-0.2, -0.15) is 0 Å². The van der Waals surface area contributed by atoms with Crippen molar-refractivity contribution in [1.82, 2.24) is 0 Å². The van der Waals surface area contributed by atoms with Crippen LogP contribution in [0, 0.1) is 5.92 Å². The van der Waals surface area contributed by atoms with E-state index in [0.717, 1.165) is 19.3 Å². The molecule has 0 rings (SSSR count). The molecule has 108 valence electrons. The average molecular weight is 256 g/mol. The molecule has 0 aliphatic heterocycles. The number of aliphatic hydroxyl groups excluding tert-OH is 2. The van der Waals surface area contributed by atoms with Crippen LogP contribution < -0.4 is 0 Å². The van der Waals surface area contributed by atoms with E-state index >= 15 is 0 Å². The topological polar surface area (TPSA) is 40.5 Å². The molecule has 0 saturated carbocycles. The van der Waals surface area contributed by atoms with Crippen molar-refractivity contribution in [3.63, 3.8) is 0 Å². The van der Waals surface area contributed by atoms with Crippen LogP contribution in [0.5, 0.6) is 0 Å². The molecule has 0 aliphatic carbocycles. The largest absolute Gasteiger partial charge is 0.394 e. The molecule has 18 heavy (non-hydrogen) atoms. The van der Waals surface area contributed by atoms with Gasteiger partial charge in [0.1, 0.15) is 0 Å². The summed E-state index contributed by atoms with van der Waals surface area (Å²) in [5.74, 6) is 0.188. The number of rotatable bonds is 13. The first-order chi connectivity index (χ1) is 8.76. The van der Waals surface area contributed by atoms with E-state index < -0.39 is 6.10 Å². The van der Waals surface area contributed by atoms with Crippen LogP contribution >= 0.6 is 0 Å². The Kier molecular flexibility index (Phi) is 12.9. The second-order valence-electron chi connectivity index (χ2n) is 5.30. The van der Waals surface area contributed by atoms with Gasteiger partial charge in [-0.25, -0.2) is 0 Å². The molecule has 0 unspecified atom stereocenters. The van der Waals surface area contributed by atoms with Crippen LogP contribution in [0.15, 0.2) is 12.7 Å². The molecule has 0 heterocycles. The molecule has 0 radical (unpaired) electrons. The monoisotopic (exact) mass is 256 g/mol. The highest BCUT2D eigenvalue weighted by Crippen LogP contribution is 2.19. The van der Waals surface area contributed by atoms with Crippen molar-refractivity contribution in [2.24, 2.45) is 5.92 Å². The van der Waals surface area contributed by atoms with Gasteiger partial charge in [-0.05, 0) is 18.8 Å². The zero-order chi connectivity index (χ0) is 13.6. The molecule has 0 aromatic rings. The third-order valence-corrected chi connectivity index (χ3v) is 3.63. The predicted molar refractivity (Wildman–Crippen MR) is 78.6 cm³/mol. The maximum Gasteiger partial charge on any atom is 0.0801 e. The lowest BCUT2D eigenvalue weighted by Crippen LogP contribution is -2.23. The quantitative estimate of drug-likeness (QED) is 0.385. The smallest absolute Gasteiger partial charge is 0.0801 e. The van der Waals surface area contributed by atoms with Crippen molar-refractivity contribution < 1.29 is 10.2 Å². The van der Waals surface area contributed by atoms with Gasteiger partial charge in [-0.15, -0.1) is 6.58 Å². The minimum Gasteiger partial charge on any atom is -0.394 e. The van der Waals surface area contributed by atoms with Crippen LogP contribution in [0.25, 0.3) is 0 Å². The first-order valence-corrected chi connectivity index (χ1v) is 7.66. The van der Waals surface area contributed by atoms with E-state index in [-0.39, 0.29) is 12.5 Å². The highest BCUT2D eigenvalue weighted by molar-refractivity contribution is 4.77. The van der Waals surface area contributed by atoms with Crippen LogP contribution in [-0.4, -0.2) is 22.9 Å². The Balaban J connectivity index is 3.46. The van der Waals surface area contributed by atoms with E-state index in [1.807, 2.05) is 6.08 Å². The van der Waals surface area contributed by atoms with Gasteiger partial charge >= 0.3 is 0 Å². The molecule has 0 bridgehead atoms. The summed E-state index contributed by atoms with van der Waals surface area (Å²) in [6.07, 6.45) is 13.5. The Hall–Kier alpha value is -0.340. The van der Waals surface area contributed by atoms with Crippen LogP contribution in [0.1, 0.15) is 71.1 Å². The molecule has 0 saturated heterocycles. The van der Waals surface area contributed by atoms with Gasteiger partial charge in [0.25, 0.3) is 0 Å². The van der Waals surface area contributed by atoms with Gasteiger partial charge in [0.2, 0.25) is 0 Å². The molecule has 0 aromatic carbocycles. The van der Waals surface area contributed by atoms with E-state index in [9.17, 15) is 5.11 Å². The van der Waals surface area contributed by atoms with Crippen LogP contribution in [0.4, 0.5) is 0 Å².